The molecule has 1 aromatic heterocycles. The molecule has 1 heterocycles. The first-order valence-electron chi connectivity index (χ1n) is 7.05. The molecule has 2 rings (SSSR count). The predicted octanol–water partition coefficient (Wildman–Crippen LogP) is 1.38. The van der Waals surface area contributed by atoms with Gasteiger partial charge in [0.05, 0.1) is 16.3 Å². The zero-order valence-electron chi connectivity index (χ0n) is 13.5. The van der Waals surface area contributed by atoms with Crippen LogP contribution in [0.3, 0.4) is 0 Å². The second kappa shape index (κ2) is 6.42. The molecule has 0 saturated carbocycles. The van der Waals surface area contributed by atoms with Crippen LogP contribution in [0.25, 0.3) is 12.2 Å². The van der Waals surface area contributed by atoms with E-state index in [1.807, 2.05) is 20.8 Å². The number of phenols is 1. The Hall–Kier alpha value is -2.34. The smallest absolute Gasteiger partial charge is 0.266 e. The summed E-state index contributed by atoms with van der Waals surface area (Å²) in [5, 5.41) is 9.77. The number of thiazole rings is 1. The van der Waals surface area contributed by atoms with E-state index in [0.29, 0.717) is 20.5 Å². The molecule has 5 nitrogen and oxygen atoms in total. The van der Waals surface area contributed by atoms with Crippen LogP contribution in [0.1, 0.15) is 26.3 Å². The summed E-state index contributed by atoms with van der Waals surface area (Å²) in [6.45, 7) is 5.47. The molecule has 0 spiro atoms. The van der Waals surface area contributed by atoms with Gasteiger partial charge >= 0.3 is 0 Å². The molecule has 2 aromatic rings. The third-order valence-electron chi connectivity index (χ3n) is 3.18. The minimum atomic E-state index is -0.494. The normalized spacial score (nSPS) is 13.4. The van der Waals surface area contributed by atoms with E-state index >= 15 is 0 Å². The number of methoxy groups -OCH3 is 1. The standard InChI is InChI=1S/C17H19NO4S/c1-17(2,3)14(20)9-15-18-16(21)13(23-15)8-10-5-6-12(22-4)11(19)7-10/h5-9,19H,1-4H3,(H,18,21)/b13-8+,15-9+. The summed E-state index contributed by atoms with van der Waals surface area (Å²) in [6.07, 6.45) is 3.11. The third-order valence-corrected chi connectivity index (χ3v) is 4.15. The number of H-pyrrole nitrogens is 1. The van der Waals surface area contributed by atoms with Crippen molar-refractivity contribution in [1.29, 1.82) is 0 Å². The molecule has 0 bridgehead atoms. The number of aromatic amines is 1. The number of aromatic hydroxyl groups is 1. The van der Waals surface area contributed by atoms with Crippen molar-refractivity contribution in [1.82, 2.24) is 4.98 Å². The summed E-state index contributed by atoms with van der Waals surface area (Å²) in [5.74, 6) is 0.319. The fraction of sp³-hybridized carbons (Fsp3) is 0.294. The molecular formula is C17H19NO4S. The van der Waals surface area contributed by atoms with Crippen molar-refractivity contribution in [3.63, 3.8) is 0 Å². The van der Waals surface area contributed by atoms with Crippen molar-refractivity contribution < 1.29 is 14.6 Å². The number of rotatable bonds is 3. The first-order chi connectivity index (χ1) is 10.7. The molecule has 2 N–H and O–H groups in total. The highest BCUT2D eigenvalue weighted by Gasteiger charge is 2.18. The lowest BCUT2D eigenvalue weighted by Crippen LogP contribution is -2.22. The van der Waals surface area contributed by atoms with Crippen molar-refractivity contribution in [2.24, 2.45) is 5.41 Å². The maximum absolute atomic E-state index is 12.0. The lowest BCUT2D eigenvalue weighted by atomic mass is 9.91. The molecule has 0 unspecified atom stereocenters. The van der Waals surface area contributed by atoms with Crippen LogP contribution in [0, 0.1) is 5.41 Å². The molecule has 0 aliphatic heterocycles. The number of ketones is 1. The highest BCUT2D eigenvalue weighted by molar-refractivity contribution is 7.07. The Kier molecular flexibility index (Phi) is 4.75. The Balaban J connectivity index is 2.46. The van der Waals surface area contributed by atoms with Gasteiger partial charge in [-0.1, -0.05) is 26.8 Å². The number of hydrogen-bond donors (Lipinski definition) is 2. The second-order valence-corrected chi connectivity index (χ2v) is 7.20. The van der Waals surface area contributed by atoms with E-state index in [4.69, 9.17) is 4.74 Å². The summed E-state index contributed by atoms with van der Waals surface area (Å²) in [6, 6.07) is 4.88. The number of phenolic OH excluding ortho intramolecular Hbond substituents is 1. The van der Waals surface area contributed by atoms with Crippen LogP contribution in [0.15, 0.2) is 23.0 Å². The predicted molar refractivity (Wildman–Crippen MR) is 91.3 cm³/mol. The molecule has 0 aliphatic carbocycles. The zero-order chi connectivity index (χ0) is 17.2. The summed E-state index contributed by atoms with van der Waals surface area (Å²) >= 11 is 1.20. The van der Waals surface area contributed by atoms with Gasteiger partial charge in [-0.3, -0.25) is 9.59 Å². The summed E-state index contributed by atoms with van der Waals surface area (Å²) in [7, 11) is 1.47. The Morgan fingerprint density at radius 3 is 2.61 bits per heavy atom. The molecule has 6 heteroatoms. The summed E-state index contributed by atoms with van der Waals surface area (Å²) in [4.78, 5) is 26.7. The fourth-order valence-electron chi connectivity index (χ4n) is 1.81. The van der Waals surface area contributed by atoms with Crippen LogP contribution < -0.4 is 19.5 Å². The average molecular weight is 333 g/mol. The van der Waals surface area contributed by atoms with Crippen molar-refractivity contribution in [3.05, 3.63) is 43.3 Å². The highest BCUT2D eigenvalue weighted by Crippen LogP contribution is 2.26. The second-order valence-electron chi connectivity index (χ2n) is 6.12. The lowest BCUT2D eigenvalue weighted by molar-refractivity contribution is -0.119. The fourth-order valence-corrected chi connectivity index (χ4v) is 2.69. The minimum Gasteiger partial charge on any atom is -0.504 e. The first-order valence-corrected chi connectivity index (χ1v) is 7.86. The topological polar surface area (TPSA) is 79.4 Å². The van der Waals surface area contributed by atoms with E-state index in [0.717, 1.165) is 0 Å². The number of carbonyl (C=O) groups is 1. The maximum atomic E-state index is 12.0. The highest BCUT2D eigenvalue weighted by atomic mass is 32.1. The number of carbonyl (C=O) groups excluding carboxylic acids is 1. The van der Waals surface area contributed by atoms with Gasteiger partial charge in [-0.25, -0.2) is 0 Å². The van der Waals surface area contributed by atoms with Crippen LogP contribution in [-0.4, -0.2) is 23.0 Å². The van der Waals surface area contributed by atoms with Crippen LogP contribution >= 0.6 is 11.3 Å². The van der Waals surface area contributed by atoms with E-state index in [9.17, 15) is 14.7 Å². The van der Waals surface area contributed by atoms with E-state index < -0.39 is 5.41 Å². The van der Waals surface area contributed by atoms with Crippen molar-refractivity contribution in [2.45, 2.75) is 20.8 Å². The molecule has 0 radical (unpaired) electrons. The average Bonchev–Trinajstić information content (AvgIpc) is 2.78. The van der Waals surface area contributed by atoms with E-state index in [-0.39, 0.29) is 17.1 Å². The molecular weight excluding hydrogens is 314 g/mol. The van der Waals surface area contributed by atoms with Gasteiger partial charge < -0.3 is 14.8 Å². The molecule has 0 saturated heterocycles. The van der Waals surface area contributed by atoms with Gasteiger partial charge in [-0.2, -0.15) is 0 Å². The molecule has 0 aliphatic rings. The molecule has 0 amide bonds. The van der Waals surface area contributed by atoms with E-state index in [2.05, 4.69) is 4.98 Å². The Morgan fingerprint density at radius 2 is 2.04 bits per heavy atom. The van der Waals surface area contributed by atoms with Gasteiger partial charge in [0, 0.05) is 11.5 Å². The van der Waals surface area contributed by atoms with Gasteiger partial charge in [0.25, 0.3) is 5.56 Å². The number of benzene rings is 1. The first kappa shape index (κ1) is 17.0. The van der Waals surface area contributed by atoms with Crippen LogP contribution in [0.2, 0.25) is 0 Å². The van der Waals surface area contributed by atoms with Crippen molar-refractivity contribution >= 4 is 29.3 Å². The number of Topliss-reactive ketones (excluding diaryl/α,β-unsaturated/α-hetero) is 1. The van der Waals surface area contributed by atoms with Gasteiger partial charge in [-0.05, 0) is 23.8 Å². The van der Waals surface area contributed by atoms with Crippen molar-refractivity contribution in [3.8, 4) is 11.5 Å². The molecule has 0 atom stereocenters. The Morgan fingerprint density at radius 1 is 1.35 bits per heavy atom. The lowest BCUT2D eigenvalue weighted by Gasteiger charge is -2.12. The minimum absolute atomic E-state index is 0.00364. The monoisotopic (exact) mass is 333 g/mol. The number of aromatic nitrogens is 1. The van der Waals surface area contributed by atoms with Crippen LogP contribution in [0.5, 0.6) is 11.5 Å². The van der Waals surface area contributed by atoms with Crippen molar-refractivity contribution in [2.75, 3.05) is 7.11 Å². The quantitative estimate of drug-likeness (QED) is 0.889. The third kappa shape index (κ3) is 4.10. The Bertz CT molecular complexity index is 900. The number of ether oxygens (including phenoxy) is 1. The van der Waals surface area contributed by atoms with E-state index in [1.165, 1.54) is 30.6 Å². The number of hydrogen-bond acceptors (Lipinski definition) is 5. The molecule has 1 aromatic carbocycles. The van der Waals surface area contributed by atoms with Crippen LogP contribution in [-0.2, 0) is 4.79 Å². The van der Waals surface area contributed by atoms with Crippen LogP contribution in [0.4, 0.5) is 0 Å². The molecule has 122 valence electrons. The number of nitrogens with one attached hydrogen (secondary N) is 1. The van der Waals surface area contributed by atoms with Gasteiger partial charge in [0.1, 0.15) is 0 Å². The van der Waals surface area contributed by atoms with Gasteiger partial charge in [-0.15, -0.1) is 11.3 Å². The summed E-state index contributed by atoms with van der Waals surface area (Å²) in [5.41, 5.74) is -0.0883. The maximum Gasteiger partial charge on any atom is 0.266 e. The SMILES string of the molecule is COc1ccc(/C=c2/s/c(=C/C(=O)C(C)(C)C)[nH]c2=O)cc1O. The molecule has 0 fully saturated rings. The van der Waals surface area contributed by atoms with Gasteiger partial charge in [0.2, 0.25) is 0 Å². The summed E-state index contributed by atoms with van der Waals surface area (Å²) < 4.78 is 5.96. The zero-order valence-corrected chi connectivity index (χ0v) is 14.3. The largest absolute Gasteiger partial charge is 0.504 e. The molecule has 23 heavy (non-hydrogen) atoms. The van der Waals surface area contributed by atoms with Gasteiger partial charge in [0.15, 0.2) is 17.3 Å². The van der Waals surface area contributed by atoms with E-state index in [1.54, 1.807) is 18.2 Å². The Labute approximate surface area is 137 Å².